The molecule has 0 aliphatic heterocycles. The second-order valence-electron chi connectivity index (χ2n) is 2.76. The van der Waals surface area contributed by atoms with Crippen molar-refractivity contribution in [2.75, 3.05) is 17.6 Å². The molecular formula is C10H16N2S. The minimum atomic E-state index is 0.925. The summed E-state index contributed by atoms with van der Waals surface area (Å²) in [5.74, 6) is 2.15. The van der Waals surface area contributed by atoms with Gasteiger partial charge in [-0.15, -0.1) is 11.8 Å². The van der Waals surface area contributed by atoms with Crippen LogP contribution in [-0.2, 0) is 0 Å². The Morgan fingerprint density at radius 1 is 1.46 bits per heavy atom. The van der Waals surface area contributed by atoms with Crippen molar-refractivity contribution in [1.82, 2.24) is 4.98 Å². The van der Waals surface area contributed by atoms with Gasteiger partial charge in [-0.2, -0.15) is 0 Å². The zero-order chi connectivity index (χ0) is 9.52. The van der Waals surface area contributed by atoms with Crippen LogP contribution >= 0.6 is 11.8 Å². The molecule has 0 saturated heterocycles. The second kappa shape index (κ2) is 5.86. The Kier molecular flexibility index (Phi) is 4.68. The molecule has 1 heterocycles. The van der Waals surface area contributed by atoms with E-state index in [4.69, 9.17) is 0 Å². The third-order valence-corrected chi connectivity index (χ3v) is 2.76. The summed E-state index contributed by atoms with van der Waals surface area (Å²) < 4.78 is 0. The lowest BCUT2D eigenvalue weighted by atomic mass is 10.4. The van der Waals surface area contributed by atoms with Gasteiger partial charge < -0.3 is 5.32 Å². The van der Waals surface area contributed by atoms with Crippen molar-refractivity contribution in [1.29, 1.82) is 0 Å². The lowest BCUT2D eigenvalue weighted by Gasteiger charge is -2.04. The van der Waals surface area contributed by atoms with Gasteiger partial charge in [0.25, 0.3) is 0 Å². The number of aromatic nitrogens is 1. The highest BCUT2D eigenvalue weighted by Crippen LogP contribution is 2.20. The van der Waals surface area contributed by atoms with Crippen molar-refractivity contribution < 1.29 is 0 Å². The summed E-state index contributed by atoms with van der Waals surface area (Å²) in [5.41, 5.74) is 0. The zero-order valence-electron chi connectivity index (χ0n) is 8.21. The molecule has 13 heavy (non-hydrogen) atoms. The molecule has 1 rings (SSSR count). The number of thioether (sulfide) groups is 1. The molecule has 0 aliphatic rings. The van der Waals surface area contributed by atoms with Crippen molar-refractivity contribution in [3.8, 4) is 0 Å². The van der Waals surface area contributed by atoms with Crippen LogP contribution < -0.4 is 5.32 Å². The summed E-state index contributed by atoms with van der Waals surface area (Å²) in [5, 5.41) is 3.20. The lowest BCUT2D eigenvalue weighted by molar-refractivity contribution is 1.10. The van der Waals surface area contributed by atoms with Crippen LogP contribution in [0.4, 0.5) is 5.82 Å². The van der Waals surface area contributed by atoms with Gasteiger partial charge in [-0.3, -0.25) is 0 Å². The van der Waals surface area contributed by atoms with E-state index in [1.54, 1.807) is 0 Å². The van der Waals surface area contributed by atoms with Crippen molar-refractivity contribution in [2.24, 2.45) is 0 Å². The number of pyridine rings is 1. The monoisotopic (exact) mass is 196 g/mol. The highest BCUT2D eigenvalue weighted by atomic mass is 32.2. The first-order valence-electron chi connectivity index (χ1n) is 4.69. The highest BCUT2D eigenvalue weighted by molar-refractivity contribution is 7.99. The number of anilines is 1. The van der Waals surface area contributed by atoms with Crippen LogP contribution in [0.15, 0.2) is 23.2 Å². The second-order valence-corrected chi connectivity index (χ2v) is 3.92. The number of hydrogen-bond acceptors (Lipinski definition) is 3. The molecule has 0 radical (unpaired) electrons. The maximum atomic E-state index is 4.21. The molecule has 1 aromatic rings. The van der Waals surface area contributed by atoms with E-state index < -0.39 is 0 Å². The fourth-order valence-corrected chi connectivity index (χ4v) is 1.79. The summed E-state index contributed by atoms with van der Waals surface area (Å²) in [6, 6.07) is 4.16. The molecule has 0 saturated carbocycles. The highest BCUT2D eigenvalue weighted by Gasteiger charge is 1.95. The van der Waals surface area contributed by atoms with E-state index in [1.165, 1.54) is 17.1 Å². The smallest absolute Gasteiger partial charge is 0.126 e. The van der Waals surface area contributed by atoms with Gasteiger partial charge in [-0.05, 0) is 31.2 Å². The molecular weight excluding hydrogens is 180 g/mol. The standard InChI is InChI=1S/C10H16N2S/c1-3-7-13-9-5-6-12-10(8-9)11-4-2/h5-6,8H,3-4,7H2,1-2H3,(H,11,12). The summed E-state index contributed by atoms with van der Waals surface area (Å²) in [6.45, 7) is 5.20. The molecule has 3 heteroatoms. The third-order valence-electron chi connectivity index (χ3n) is 1.56. The fraction of sp³-hybridized carbons (Fsp3) is 0.500. The van der Waals surface area contributed by atoms with E-state index in [1.807, 2.05) is 18.0 Å². The molecule has 0 aromatic carbocycles. The number of hydrogen-bond donors (Lipinski definition) is 1. The van der Waals surface area contributed by atoms with Crippen LogP contribution in [0.3, 0.4) is 0 Å². The van der Waals surface area contributed by atoms with E-state index in [0.29, 0.717) is 0 Å². The first-order valence-corrected chi connectivity index (χ1v) is 5.68. The Hall–Kier alpha value is -0.700. The van der Waals surface area contributed by atoms with Crippen LogP contribution in [0.2, 0.25) is 0 Å². The lowest BCUT2D eigenvalue weighted by Crippen LogP contribution is -1.98. The number of rotatable bonds is 5. The molecule has 0 spiro atoms. The van der Waals surface area contributed by atoms with E-state index in [-0.39, 0.29) is 0 Å². The maximum absolute atomic E-state index is 4.21. The maximum Gasteiger partial charge on any atom is 0.126 e. The normalized spacial score (nSPS) is 10.0. The van der Waals surface area contributed by atoms with E-state index >= 15 is 0 Å². The first kappa shape index (κ1) is 10.4. The molecule has 0 bridgehead atoms. The van der Waals surface area contributed by atoms with Gasteiger partial charge in [0.15, 0.2) is 0 Å². The van der Waals surface area contributed by atoms with Gasteiger partial charge in [0.05, 0.1) is 0 Å². The Bertz CT molecular complexity index is 250. The summed E-state index contributed by atoms with van der Waals surface area (Å²) >= 11 is 1.88. The van der Waals surface area contributed by atoms with Crippen molar-refractivity contribution in [3.63, 3.8) is 0 Å². The van der Waals surface area contributed by atoms with Crippen molar-refractivity contribution >= 4 is 17.6 Å². The summed E-state index contributed by atoms with van der Waals surface area (Å²) in [6.07, 6.45) is 3.07. The summed E-state index contributed by atoms with van der Waals surface area (Å²) in [4.78, 5) is 5.51. The van der Waals surface area contributed by atoms with E-state index in [0.717, 1.165) is 12.4 Å². The quantitative estimate of drug-likeness (QED) is 0.733. The average Bonchev–Trinajstić information content (AvgIpc) is 2.16. The van der Waals surface area contributed by atoms with Gasteiger partial charge in [0.1, 0.15) is 5.82 Å². The molecule has 0 unspecified atom stereocenters. The predicted octanol–water partition coefficient (Wildman–Crippen LogP) is 3.02. The fourth-order valence-electron chi connectivity index (χ4n) is 0.999. The first-order chi connectivity index (χ1) is 6.36. The van der Waals surface area contributed by atoms with Gasteiger partial charge >= 0.3 is 0 Å². The SMILES string of the molecule is CCCSc1ccnc(NCC)c1. The Morgan fingerprint density at radius 3 is 3.00 bits per heavy atom. The van der Waals surface area contributed by atoms with Gasteiger partial charge in [-0.25, -0.2) is 4.98 Å². The van der Waals surface area contributed by atoms with Crippen LogP contribution in [0.1, 0.15) is 20.3 Å². The van der Waals surface area contributed by atoms with Crippen LogP contribution in [0.25, 0.3) is 0 Å². The minimum absolute atomic E-state index is 0.925. The Morgan fingerprint density at radius 2 is 2.31 bits per heavy atom. The van der Waals surface area contributed by atoms with Crippen molar-refractivity contribution in [3.05, 3.63) is 18.3 Å². The Balaban J connectivity index is 2.56. The predicted molar refractivity (Wildman–Crippen MR) is 59.4 cm³/mol. The molecule has 0 fully saturated rings. The number of nitrogens with one attached hydrogen (secondary N) is 1. The third kappa shape index (κ3) is 3.68. The molecule has 1 N–H and O–H groups in total. The molecule has 0 amide bonds. The van der Waals surface area contributed by atoms with Crippen LogP contribution in [-0.4, -0.2) is 17.3 Å². The molecule has 2 nitrogen and oxygen atoms in total. The van der Waals surface area contributed by atoms with Gasteiger partial charge in [-0.1, -0.05) is 6.92 Å². The molecule has 0 atom stereocenters. The van der Waals surface area contributed by atoms with Gasteiger partial charge in [0.2, 0.25) is 0 Å². The van der Waals surface area contributed by atoms with E-state index in [2.05, 4.69) is 36.3 Å². The zero-order valence-corrected chi connectivity index (χ0v) is 9.03. The molecule has 1 aromatic heterocycles. The minimum Gasteiger partial charge on any atom is -0.370 e. The number of nitrogens with zero attached hydrogens (tertiary/aromatic N) is 1. The average molecular weight is 196 g/mol. The molecule has 0 aliphatic carbocycles. The Labute approximate surface area is 84.1 Å². The van der Waals surface area contributed by atoms with Crippen LogP contribution in [0.5, 0.6) is 0 Å². The van der Waals surface area contributed by atoms with Crippen LogP contribution in [0, 0.1) is 0 Å². The summed E-state index contributed by atoms with van der Waals surface area (Å²) in [7, 11) is 0. The molecule has 72 valence electrons. The van der Waals surface area contributed by atoms with Gasteiger partial charge in [0, 0.05) is 17.6 Å². The largest absolute Gasteiger partial charge is 0.370 e. The van der Waals surface area contributed by atoms with Crippen molar-refractivity contribution in [2.45, 2.75) is 25.2 Å². The van der Waals surface area contributed by atoms with E-state index in [9.17, 15) is 0 Å². The topological polar surface area (TPSA) is 24.9 Å².